The molecule has 1 aliphatic carbocycles. The Morgan fingerprint density at radius 2 is 1.95 bits per heavy atom. The molecule has 0 amide bonds. The minimum atomic E-state index is 0.641. The first-order valence-corrected chi connectivity index (χ1v) is 8.47. The zero-order valence-electron chi connectivity index (χ0n) is 13.1. The van der Waals surface area contributed by atoms with Crippen molar-refractivity contribution in [3.8, 4) is 0 Å². The molecule has 0 spiro atoms. The van der Waals surface area contributed by atoms with Crippen LogP contribution in [0.25, 0.3) is 0 Å². The quantitative estimate of drug-likeness (QED) is 0.805. The zero-order valence-corrected chi connectivity index (χ0v) is 13.1. The molecule has 3 unspecified atom stereocenters. The van der Waals surface area contributed by atoms with Crippen molar-refractivity contribution in [1.29, 1.82) is 0 Å². The highest BCUT2D eigenvalue weighted by Gasteiger charge is 2.30. The van der Waals surface area contributed by atoms with Gasteiger partial charge in [0.05, 0.1) is 0 Å². The third-order valence-electron chi connectivity index (χ3n) is 4.87. The minimum absolute atomic E-state index is 0.641. The fourth-order valence-electron chi connectivity index (χ4n) is 3.75. The highest BCUT2D eigenvalue weighted by molar-refractivity contribution is 5.12. The normalized spacial score (nSPS) is 24.5. The Balaban J connectivity index is 2.05. The van der Waals surface area contributed by atoms with Crippen molar-refractivity contribution in [2.45, 2.75) is 64.8 Å². The van der Waals surface area contributed by atoms with E-state index in [1.165, 1.54) is 44.1 Å². The molecule has 2 heteroatoms. The van der Waals surface area contributed by atoms with E-state index in [9.17, 15) is 0 Å². The van der Waals surface area contributed by atoms with Gasteiger partial charge in [-0.1, -0.05) is 39.5 Å². The van der Waals surface area contributed by atoms with Gasteiger partial charge in [0.2, 0.25) is 0 Å². The molecule has 0 aliphatic heterocycles. The summed E-state index contributed by atoms with van der Waals surface area (Å²) in [6.07, 6.45) is 13.2. The molecule has 20 heavy (non-hydrogen) atoms. The molecule has 1 heterocycles. The Labute approximate surface area is 124 Å². The first-order valence-electron chi connectivity index (χ1n) is 8.47. The monoisotopic (exact) mass is 274 g/mol. The highest BCUT2D eigenvalue weighted by atomic mass is 14.9. The molecule has 2 nitrogen and oxygen atoms in total. The van der Waals surface area contributed by atoms with Crippen LogP contribution >= 0.6 is 0 Å². The molecule has 1 N–H and O–H groups in total. The van der Waals surface area contributed by atoms with Crippen molar-refractivity contribution < 1.29 is 0 Å². The molecule has 112 valence electrons. The van der Waals surface area contributed by atoms with Crippen LogP contribution in [0.3, 0.4) is 0 Å². The molecule has 1 saturated carbocycles. The van der Waals surface area contributed by atoms with Crippen molar-refractivity contribution in [2.75, 3.05) is 6.54 Å². The molecule has 1 aliphatic rings. The SMILES string of the molecule is CCCNC(Cc1ccncc1)C1CCCCC1CC. The summed E-state index contributed by atoms with van der Waals surface area (Å²) in [5, 5.41) is 3.83. The Morgan fingerprint density at radius 1 is 1.20 bits per heavy atom. The topological polar surface area (TPSA) is 24.9 Å². The van der Waals surface area contributed by atoms with E-state index in [1.807, 2.05) is 12.4 Å². The Kier molecular flexibility index (Phi) is 6.52. The van der Waals surface area contributed by atoms with Gasteiger partial charge >= 0.3 is 0 Å². The lowest BCUT2D eigenvalue weighted by atomic mass is 9.72. The summed E-state index contributed by atoms with van der Waals surface area (Å²) in [6.45, 7) is 5.77. The molecule has 0 radical (unpaired) electrons. The summed E-state index contributed by atoms with van der Waals surface area (Å²) in [5.41, 5.74) is 1.43. The van der Waals surface area contributed by atoms with Crippen LogP contribution in [0.5, 0.6) is 0 Å². The average Bonchev–Trinajstić information content (AvgIpc) is 2.52. The highest BCUT2D eigenvalue weighted by Crippen LogP contribution is 2.35. The maximum absolute atomic E-state index is 4.14. The van der Waals surface area contributed by atoms with Gasteiger partial charge in [-0.2, -0.15) is 0 Å². The lowest BCUT2D eigenvalue weighted by Crippen LogP contribution is -2.43. The molecule has 2 rings (SSSR count). The first kappa shape index (κ1) is 15.5. The maximum Gasteiger partial charge on any atom is 0.0270 e. The zero-order chi connectivity index (χ0) is 14.2. The van der Waals surface area contributed by atoms with Gasteiger partial charge in [-0.3, -0.25) is 4.98 Å². The second-order valence-corrected chi connectivity index (χ2v) is 6.24. The molecule has 0 saturated heterocycles. The van der Waals surface area contributed by atoms with Crippen LogP contribution in [0.2, 0.25) is 0 Å². The standard InChI is InChI=1S/C18H30N2/c1-3-11-20-18(14-15-9-12-19-13-10-15)17-8-6-5-7-16(17)4-2/h9-10,12-13,16-18,20H,3-8,11,14H2,1-2H3. The van der Waals surface area contributed by atoms with Crippen LogP contribution in [0, 0.1) is 11.8 Å². The summed E-state index contributed by atoms with van der Waals surface area (Å²) in [5.74, 6) is 1.77. The number of hydrogen-bond donors (Lipinski definition) is 1. The van der Waals surface area contributed by atoms with Crippen LogP contribution < -0.4 is 5.32 Å². The Hall–Kier alpha value is -0.890. The van der Waals surface area contributed by atoms with Crippen molar-refractivity contribution in [1.82, 2.24) is 10.3 Å². The third kappa shape index (κ3) is 4.31. The van der Waals surface area contributed by atoms with Gasteiger partial charge in [-0.15, -0.1) is 0 Å². The van der Waals surface area contributed by atoms with E-state index >= 15 is 0 Å². The number of hydrogen-bond acceptors (Lipinski definition) is 2. The summed E-state index contributed by atoms with van der Waals surface area (Å²) in [6, 6.07) is 4.98. The third-order valence-corrected chi connectivity index (χ3v) is 4.87. The maximum atomic E-state index is 4.14. The predicted octanol–water partition coefficient (Wildman–Crippen LogP) is 4.21. The largest absolute Gasteiger partial charge is 0.313 e. The van der Waals surface area contributed by atoms with Gasteiger partial charge in [-0.25, -0.2) is 0 Å². The van der Waals surface area contributed by atoms with E-state index in [1.54, 1.807) is 0 Å². The van der Waals surface area contributed by atoms with E-state index in [4.69, 9.17) is 0 Å². The smallest absolute Gasteiger partial charge is 0.0270 e. The molecule has 0 bridgehead atoms. The molecule has 1 aromatic heterocycles. The van der Waals surface area contributed by atoms with Crippen LogP contribution in [0.4, 0.5) is 0 Å². The summed E-state index contributed by atoms with van der Waals surface area (Å²) < 4.78 is 0. The van der Waals surface area contributed by atoms with Crippen molar-refractivity contribution in [2.24, 2.45) is 11.8 Å². The fraction of sp³-hybridized carbons (Fsp3) is 0.722. The molecule has 1 aromatic rings. The molecule has 0 aromatic carbocycles. The van der Waals surface area contributed by atoms with Gasteiger partial charge in [0.1, 0.15) is 0 Å². The van der Waals surface area contributed by atoms with E-state index in [0.717, 1.165) is 24.8 Å². The fourth-order valence-corrected chi connectivity index (χ4v) is 3.75. The lowest BCUT2D eigenvalue weighted by molar-refractivity contribution is 0.174. The van der Waals surface area contributed by atoms with Crippen molar-refractivity contribution in [3.63, 3.8) is 0 Å². The predicted molar refractivity (Wildman–Crippen MR) is 85.8 cm³/mol. The van der Waals surface area contributed by atoms with E-state index in [2.05, 4.69) is 36.3 Å². The van der Waals surface area contributed by atoms with Gasteiger partial charge in [0.25, 0.3) is 0 Å². The number of nitrogens with one attached hydrogen (secondary N) is 1. The molecular weight excluding hydrogens is 244 g/mol. The number of pyridine rings is 1. The van der Waals surface area contributed by atoms with Crippen LogP contribution in [0.15, 0.2) is 24.5 Å². The van der Waals surface area contributed by atoms with Gasteiger partial charge in [-0.05, 0) is 55.3 Å². The second kappa shape index (κ2) is 8.41. The Bertz CT molecular complexity index is 363. The van der Waals surface area contributed by atoms with Gasteiger partial charge in [0.15, 0.2) is 0 Å². The summed E-state index contributed by atoms with van der Waals surface area (Å²) in [4.78, 5) is 4.14. The number of nitrogens with zero attached hydrogens (tertiary/aromatic N) is 1. The molecular formula is C18H30N2. The first-order chi connectivity index (χ1) is 9.85. The van der Waals surface area contributed by atoms with E-state index < -0.39 is 0 Å². The van der Waals surface area contributed by atoms with Crippen LogP contribution in [-0.4, -0.2) is 17.6 Å². The van der Waals surface area contributed by atoms with Gasteiger partial charge < -0.3 is 5.32 Å². The van der Waals surface area contributed by atoms with Gasteiger partial charge in [0, 0.05) is 18.4 Å². The summed E-state index contributed by atoms with van der Waals surface area (Å²) >= 11 is 0. The average molecular weight is 274 g/mol. The molecule has 3 atom stereocenters. The lowest BCUT2D eigenvalue weighted by Gasteiger charge is -2.37. The van der Waals surface area contributed by atoms with Crippen molar-refractivity contribution in [3.05, 3.63) is 30.1 Å². The van der Waals surface area contributed by atoms with Crippen LogP contribution in [0.1, 0.15) is 57.9 Å². The van der Waals surface area contributed by atoms with E-state index in [-0.39, 0.29) is 0 Å². The second-order valence-electron chi connectivity index (χ2n) is 6.24. The minimum Gasteiger partial charge on any atom is -0.313 e. The number of rotatable bonds is 7. The molecule has 1 fully saturated rings. The van der Waals surface area contributed by atoms with Crippen molar-refractivity contribution >= 4 is 0 Å². The van der Waals surface area contributed by atoms with E-state index in [0.29, 0.717) is 6.04 Å². The Morgan fingerprint density at radius 3 is 2.65 bits per heavy atom. The van der Waals surface area contributed by atoms with Crippen LogP contribution in [-0.2, 0) is 6.42 Å². The number of aromatic nitrogens is 1. The summed E-state index contributed by atoms with van der Waals surface area (Å²) in [7, 11) is 0.